The summed E-state index contributed by atoms with van der Waals surface area (Å²) in [4.78, 5) is 16.2. The van der Waals surface area contributed by atoms with Crippen LogP contribution in [0.1, 0.15) is 32.8 Å². The zero-order valence-corrected chi connectivity index (χ0v) is 16.6. The smallest absolute Gasteiger partial charge is 0.412 e. The van der Waals surface area contributed by atoms with Gasteiger partial charge in [0.05, 0.1) is 5.56 Å². The van der Waals surface area contributed by atoms with Gasteiger partial charge in [0.1, 0.15) is 24.2 Å². The van der Waals surface area contributed by atoms with E-state index in [4.69, 9.17) is 15.6 Å². The van der Waals surface area contributed by atoms with Crippen LogP contribution in [0.15, 0.2) is 36.5 Å². The Kier molecular flexibility index (Phi) is 6.60. The van der Waals surface area contributed by atoms with Crippen LogP contribution in [0.2, 0.25) is 0 Å². The van der Waals surface area contributed by atoms with Crippen LogP contribution in [0.4, 0.5) is 10.6 Å². The van der Waals surface area contributed by atoms with Gasteiger partial charge in [-0.1, -0.05) is 19.9 Å². The highest BCUT2D eigenvalue weighted by molar-refractivity contribution is 5.85. The molecule has 0 aliphatic carbocycles. The summed E-state index contributed by atoms with van der Waals surface area (Å²) in [6.07, 6.45) is 1.24. The van der Waals surface area contributed by atoms with E-state index in [2.05, 4.69) is 24.9 Å². The summed E-state index contributed by atoms with van der Waals surface area (Å²) in [5.41, 5.74) is 7.71. The second-order valence-electron chi connectivity index (χ2n) is 7.61. The van der Waals surface area contributed by atoms with Crippen molar-refractivity contribution in [2.45, 2.75) is 32.7 Å². The Morgan fingerprint density at radius 1 is 1.36 bits per heavy atom. The Bertz CT molecular complexity index is 887. The van der Waals surface area contributed by atoms with Crippen molar-refractivity contribution in [1.29, 1.82) is 5.26 Å². The van der Waals surface area contributed by atoms with Crippen molar-refractivity contribution in [3.05, 3.63) is 42.1 Å². The molecule has 0 aliphatic heterocycles. The van der Waals surface area contributed by atoms with E-state index in [9.17, 15) is 10.1 Å². The van der Waals surface area contributed by atoms with E-state index < -0.39 is 11.6 Å². The monoisotopic (exact) mass is 382 g/mol. The van der Waals surface area contributed by atoms with E-state index in [0.29, 0.717) is 29.7 Å². The van der Waals surface area contributed by atoms with Gasteiger partial charge in [-0.05, 0) is 54.7 Å². The molecule has 0 fully saturated rings. The summed E-state index contributed by atoms with van der Waals surface area (Å²) in [7, 11) is 1.42. The van der Waals surface area contributed by atoms with Gasteiger partial charge in [0.2, 0.25) is 0 Å². The highest BCUT2D eigenvalue weighted by Gasteiger charge is 2.22. The Morgan fingerprint density at radius 2 is 2.04 bits per heavy atom. The molecule has 0 saturated heterocycles. The molecule has 0 radical (unpaired) electrons. The molecule has 0 spiro atoms. The van der Waals surface area contributed by atoms with E-state index in [0.717, 1.165) is 22.4 Å². The van der Waals surface area contributed by atoms with Crippen molar-refractivity contribution in [1.82, 2.24) is 4.98 Å². The lowest BCUT2D eigenvalue weighted by atomic mass is 9.93. The molecular weight excluding hydrogens is 356 g/mol. The molecule has 0 bridgehead atoms. The number of carbonyl (C=O) groups is 1. The topological polar surface area (TPSA) is 112 Å². The number of aromatic nitrogens is 1. The zero-order chi connectivity index (χ0) is 20.9. The van der Waals surface area contributed by atoms with E-state index in [1.54, 1.807) is 24.3 Å². The van der Waals surface area contributed by atoms with Crippen LogP contribution in [0, 0.1) is 17.2 Å². The number of rotatable bonds is 7. The third-order valence-electron chi connectivity index (χ3n) is 4.24. The number of nitrogens with zero attached hydrogens (tertiary/aromatic N) is 3. The Hall–Kier alpha value is -3.11. The summed E-state index contributed by atoms with van der Waals surface area (Å²) >= 11 is 0. The molecule has 148 valence electrons. The summed E-state index contributed by atoms with van der Waals surface area (Å²) < 4.78 is 5.83. The number of nitriles is 1. The van der Waals surface area contributed by atoms with Crippen LogP contribution in [-0.2, 0) is 0 Å². The van der Waals surface area contributed by atoms with Crippen LogP contribution in [0.3, 0.4) is 0 Å². The fourth-order valence-corrected chi connectivity index (χ4v) is 3.04. The van der Waals surface area contributed by atoms with Crippen LogP contribution in [0.5, 0.6) is 5.75 Å². The maximum atomic E-state index is 11.1. The van der Waals surface area contributed by atoms with Crippen LogP contribution < -0.4 is 15.4 Å². The van der Waals surface area contributed by atoms with Crippen molar-refractivity contribution in [2.75, 3.05) is 18.6 Å². The Morgan fingerprint density at radius 3 is 2.64 bits per heavy atom. The number of anilines is 1. The van der Waals surface area contributed by atoms with Crippen LogP contribution in [-0.4, -0.2) is 35.4 Å². The summed E-state index contributed by atoms with van der Waals surface area (Å²) in [5.74, 6) is 1.22. The molecule has 2 aromatic rings. The molecule has 1 atom stereocenters. The van der Waals surface area contributed by atoms with E-state index in [1.807, 2.05) is 13.0 Å². The first-order chi connectivity index (χ1) is 13.1. The molecule has 7 heteroatoms. The normalized spacial score (nSPS) is 12.9. The van der Waals surface area contributed by atoms with Crippen LogP contribution >= 0.6 is 0 Å². The number of hydrogen-bond acceptors (Lipinski definition) is 5. The highest BCUT2D eigenvalue weighted by atomic mass is 16.5. The maximum Gasteiger partial charge on any atom is 0.412 e. The number of pyridine rings is 1. The minimum absolute atomic E-state index is 0.302. The largest absolute Gasteiger partial charge is 0.490 e. The average Bonchev–Trinajstić information content (AvgIpc) is 2.64. The first-order valence-corrected chi connectivity index (χ1v) is 9.02. The fraction of sp³-hybridized carbons (Fsp3) is 0.381. The highest BCUT2D eigenvalue weighted by Crippen LogP contribution is 2.28. The minimum Gasteiger partial charge on any atom is -0.490 e. The molecule has 1 aromatic carbocycles. The second kappa shape index (κ2) is 8.72. The van der Waals surface area contributed by atoms with Gasteiger partial charge in [-0.15, -0.1) is 0 Å². The zero-order valence-electron chi connectivity index (χ0n) is 16.6. The number of carboxylic acid groups (broad SMARTS) is 1. The van der Waals surface area contributed by atoms with Gasteiger partial charge in [-0.3, -0.25) is 4.90 Å². The molecule has 0 aliphatic rings. The lowest BCUT2D eigenvalue weighted by Gasteiger charge is -2.26. The molecule has 1 aromatic heterocycles. The molecule has 28 heavy (non-hydrogen) atoms. The molecule has 0 saturated carbocycles. The van der Waals surface area contributed by atoms with Crippen molar-refractivity contribution in [2.24, 2.45) is 11.7 Å². The molecule has 2 rings (SSSR count). The van der Waals surface area contributed by atoms with Gasteiger partial charge in [-0.25, -0.2) is 9.78 Å². The van der Waals surface area contributed by atoms with Gasteiger partial charge in [0.15, 0.2) is 0 Å². The van der Waals surface area contributed by atoms with Crippen molar-refractivity contribution in [3.8, 4) is 22.9 Å². The first kappa shape index (κ1) is 21.2. The minimum atomic E-state index is -1.10. The third kappa shape index (κ3) is 5.44. The molecule has 0 unspecified atom stereocenters. The lowest BCUT2D eigenvalue weighted by Crippen LogP contribution is -2.43. The first-order valence-electron chi connectivity index (χ1n) is 9.02. The van der Waals surface area contributed by atoms with E-state index in [1.165, 1.54) is 13.2 Å². The van der Waals surface area contributed by atoms with Crippen molar-refractivity contribution < 1.29 is 14.6 Å². The third-order valence-corrected chi connectivity index (χ3v) is 4.24. The SMILES string of the molecule is CC(C)C[C@](C)(N)COc1ccc(-c2ccnc(N(C)C(=O)O)c2)cc1C#N. The van der Waals surface area contributed by atoms with Gasteiger partial charge in [0, 0.05) is 18.8 Å². The second-order valence-corrected chi connectivity index (χ2v) is 7.61. The summed E-state index contributed by atoms with van der Waals surface area (Å²) in [6, 6.07) is 10.8. The van der Waals surface area contributed by atoms with Gasteiger partial charge in [0.25, 0.3) is 0 Å². The summed E-state index contributed by atoms with van der Waals surface area (Å²) in [6.45, 7) is 6.45. The number of amides is 1. The van der Waals surface area contributed by atoms with E-state index in [-0.39, 0.29) is 0 Å². The number of hydrogen-bond donors (Lipinski definition) is 2. The molecule has 1 heterocycles. The van der Waals surface area contributed by atoms with Crippen molar-refractivity contribution >= 4 is 11.9 Å². The predicted molar refractivity (Wildman–Crippen MR) is 108 cm³/mol. The van der Waals surface area contributed by atoms with Gasteiger partial charge < -0.3 is 15.6 Å². The maximum absolute atomic E-state index is 11.1. The molecule has 3 N–H and O–H groups in total. The van der Waals surface area contributed by atoms with Crippen LogP contribution in [0.25, 0.3) is 11.1 Å². The molecule has 1 amide bonds. The fourth-order valence-electron chi connectivity index (χ4n) is 3.04. The molecular formula is C21H26N4O3. The van der Waals surface area contributed by atoms with Gasteiger partial charge in [-0.2, -0.15) is 5.26 Å². The predicted octanol–water partition coefficient (Wildman–Crippen LogP) is 3.88. The number of benzene rings is 1. The van der Waals surface area contributed by atoms with E-state index >= 15 is 0 Å². The Labute approximate surface area is 165 Å². The number of ether oxygens (including phenoxy) is 1. The molecule has 7 nitrogen and oxygen atoms in total. The van der Waals surface area contributed by atoms with Crippen molar-refractivity contribution in [3.63, 3.8) is 0 Å². The number of nitrogens with two attached hydrogens (primary N) is 1. The standard InChI is InChI=1S/C21H26N4O3/c1-14(2)11-21(3,23)13-28-18-6-5-15(9-17(18)12-22)16-7-8-24-19(10-16)25(4)20(26)27/h5-10,14H,11,13,23H2,1-4H3,(H,26,27)/t21-/m0/s1. The lowest BCUT2D eigenvalue weighted by molar-refractivity contribution is 0.203. The quantitative estimate of drug-likeness (QED) is 0.751. The van der Waals surface area contributed by atoms with Gasteiger partial charge >= 0.3 is 6.09 Å². The Balaban J connectivity index is 2.25. The average molecular weight is 382 g/mol. The summed E-state index contributed by atoms with van der Waals surface area (Å²) in [5, 5.41) is 18.6.